The van der Waals surface area contributed by atoms with Crippen LogP contribution in [0.1, 0.15) is 52.4 Å². The van der Waals surface area contributed by atoms with Crippen LogP contribution in [-0.2, 0) is 19.0 Å². The van der Waals surface area contributed by atoms with Gasteiger partial charge in [0, 0.05) is 24.7 Å². The Morgan fingerprint density at radius 3 is 2.93 bits per heavy atom. The SMILES string of the molecule is C/C1=C/C(=O)O[C@@H]2C[C@@H](CC[C@H](C)/C=C\C=C\CC1)O[C@@]1(C2)OCN2C(=O)SC[C@H]21. The van der Waals surface area contributed by atoms with Crippen molar-refractivity contribution in [3.63, 3.8) is 0 Å². The molecule has 0 unspecified atom stereocenters. The van der Waals surface area contributed by atoms with Crippen molar-refractivity contribution < 1.29 is 23.8 Å². The number of fused-ring (bicyclic) bond motifs is 4. The van der Waals surface area contributed by atoms with Gasteiger partial charge in [0.05, 0.1) is 12.1 Å². The van der Waals surface area contributed by atoms with Gasteiger partial charge in [-0.2, -0.15) is 0 Å². The summed E-state index contributed by atoms with van der Waals surface area (Å²) in [6.45, 7) is 4.41. The van der Waals surface area contributed by atoms with Gasteiger partial charge in [-0.3, -0.25) is 4.79 Å². The number of thioether (sulfide) groups is 1. The molecule has 0 aromatic carbocycles. The Balaban J connectivity index is 1.55. The van der Waals surface area contributed by atoms with Crippen LogP contribution in [0, 0.1) is 5.92 Å². The smallest absolute Gasteiger partial charge is 0.330 e. The van der Waals surface area contributed by atoms with Crippen LogP contribution in [-0.4, -0.2) is 52.6 Å². The quantitative estimate of drug-likeness (QED) is 0.522. The van der Waals surface area contributed by atoms with Gasteiger partial charge in [-0.05, 0) is 38.5 Å². The van der Waals surface area contributed by atoms with Crippen LogP contribution in [0.5, 0.6) is 0 Å². The number of nitrogens with zero attached hydrogens (tertiary/aromatic N) is 1. The Labute approximate surface area is 182 Å². The predicted octanol–water partition coefficient (Wildman–Crippen LogP) is 4.57. The molecule has 6 nitrogen and oxygen atoms in total. The zero-order valence-electron chi connectivity index (χ0n) is 17.7. The third-order valence-corrected chi connectivity index (χ3v) is 7.28. The minimum atomic E-state index is -0.876. The minimum absolute atomic E-state index is 0.0379. The topological polar surface area (TPSA) is 65.1 Å². The second kappa shape index (κ2) is 9.28. The number of esters is 1. The lowest BCUT2D eigenvalue weighted by molar-refractivity contribution is -0.281. The van der Waals surface area contributed by atoms with Crippen molar-refractivity contribution in [1.82, 2.24) is 4.90 Å². The lowest BCUT2D eigenvalue weighted by atomic mass is 9.90. The molecule has 4 aliphatic rings. The number of hydrogen-bond donors (Lipinski definition) is 0. The molecule has 30 heavy (non-hydrogen) atoms. The van der Waals surface area contributed by atoms with E-state index in [1.54, 1.807) is 11.0 Å². The summed E-state index contributed by atoms with van der Waals surface area (Å²) < 4.78 is 18.5. The number of ether oxygens (including phenoxy) is 3. The third-order valence-electron chi connectivity index (χ3n) is 6.32. The van der Waals surface area contributed by atoms with E-state index in [-0.39, 0.29) is 36.2 Å². The van der Waals surface area contributed by atoms with E-state index in [2.05, 4.69) is 31.2 Å². The molecule has 0 saturated carbocycles. The third kappa shape index (κ3) is 4.84. The molecule has 4 aliphatic heterocycles. The maximum atomic E-state index is 12.5. The highest BCUT2D eigenvalue weighted by atomic mass is 32.2. The fraction of sp³-hybridized carbons (Fsp3) is 0.652. The first kappa shape index (κ1) is 21.7. The molecular weight excluding hydrogens is 402 g/mol. The van der Waals surface area contributed by atoms with E-state index in [4.69, 9.17) is 14.2 Å². The Kier molecular flexibility index (Phi) is 6.70. The van der Waals surface area contributed by atoms with Gasteiger partial charge in [-0.1, -0.05) is 48.6 Å². The summed E-state index contributed by atoms with van der Waals surface area (Å²) in [5, 5.41) is 0.0379. The molecule has 4 heterocycles. The van der Waals surface area contributed by atoms with Gasteiger partial charge in [0.2, 0.25) is 0 Å². The molecule has 0 aliphatic carbocycles. The molecule has 2 bridgehead atoms. The normalized spacial score (nSPS) is 41.8. The van der Waals surface area contributed by atoms with Crippen LogP contribution in [0.15, 0.2) is 36.0 Å². The first-order chi connectivity index (χ1) is 14.4. The highest BCUT2D eigenvalue weighted by molar-refractivity contribution is 8.13. The van der Waals surface area contributed by atoms with Crippen molar-refractivity contribution in [1.29, 1.82) is 0 Å². The molecule has 5 atom stereocenters. The van der Waals surface area contributed by atoms with Crippen LogP contribution in [0.3, 0.4) is 0 Å². The fourth-order valence-electron chi connectivity index (χ4n) is 4.64. The number of carbonyl (C=O) groups is 2. The highest BCUT2D eigenvalue weighted by Crippen LogP contribution is 2.46. The van der Waals surface area contributed by atoms with E-state index >= 15 is 0 Å². The number of rotatable bonds is 0. The number of hydrogen-bond acceptors (Lipinski definition) is 6. The van der Waals surface area contributed by atoms with Crippen LogP contribution in [0.4, 0.5) is 4.79 Å². The molecule has 164 valence electrons. The second-order valence-electron chi connectivity index (χ2n) is 8.78. The maximum absolute atomic E-state index is 12.5. The molecule has 3 fully saturated rings. The first-order valence-corrected chi connectivity index (χ1v) is 11.9. The van der Waals surface area contributed by atoms with Crippen molar-refractivity contribution in [3.05, 3.63) is 36.0 Å². The van der Waals surface area contributed by atoms with Gasteiger partial charge in [0.15, 0.2) is 5.79 Å². The van der Waals surface area contributed by atoms with Crippen LogP contribution >= 0.6 is 11.8 Å². The minimum Gasteiger partial charge on any atom is -0.459 e. The Morgan fingerprint density at radius 1 is 1.20 bits per heavy atom. The Bertz CT molecular complexity index is 763. The Hall–Kier alpha value is -1.57. The van der Waals surface area contributed by atoms with E-state index in [1.807, 2.05) is 6.92 Å². The Morgan fingerprint density at radius 2 is 2.07 bits per heavy atom. The fourth-order valence-corrected chi connectivity index (χ4v) is 5.72. The average Bonchev–Trinajstić information content (AvgIpc) is 3.23. The van der Waals surface area contributed by atoms with Crippen molar-refractivity contribution in [2.75, 3.05) is 12.5 Å². The molecule has 7 heteroatoms. The standard InChI is InChI=1S/C23H31NO5S/c1-16-7-5-3-4-6-8-17(2)11-21(25)28-19-12-18(10-9-16)29-23(13-19)20-14-30-22(26)24(20)15-27-23/h3-5,7,11,16,18-20H,6,8-10,12-15H2,1-2H3/b4-3+,7-5-,17-11-/t16-,18-,19-,20+,23-/m1/s1. The van der Waals surface area contributed by atoms with Crippen LogP contribution in [0.25, 0.3) is 0 Å². The summed E-state index contributed by atoms with van der Waals surface area (Å²) in [7, 11) is 0. The predicted molar refractivity (Wildman–Crippen MR) is 116 cm³/mol. The number of amides is 1. The molecule has 1 spiro atoms. The maximum Gasteiger partial charge on any atom is 0.330 e. The largest absolute Gasteiger partial charge is 0.459 e. The molecule has 0 aromatic heterocycles. The molecule has 1 amide bonds. The number of allylic oxidation sites excluding steroid dienone is 5. The van der Waals surface area contributed by atoms with Gasteiger partial charge in [-0.25, -0.2) is 4.79 Å². The summed E-state index contributed by atoms with van der Waals surface area (Å²) in [4.78, 5) is 26.4. The van der Waals surface area contributed by atoms with E-state index in [1.165, 1.54) is 11.8 Å². The molecule has 0 N–H and O–H groups in total. The average molecular weight is 434 g/mol. The summed E-state index contributed by atoms with van der Waals surface area (Å²) in [5.74, 6) is -0.101. The van der Waals surface area contributed by atoms with E-state index in [0.29, 0.717) is 24.5 Å². The van der Waals surface area contributed by atoms with Crippen molar-refractivity contribution in [2.24, 2.45) is 5.92 Å². The summed E-state index contributed by atoms with van der Waals surface area (Å²) in [6.07, 6.45) is 14.5. The van der Waals surface area contributed by atoms with Crippen molar-refractivity contribution >= 4 is 23.0 Å². The molecule has 4 rings (SSSR count). The highest BCUT2D eigenvalue weighted by Gasteiger charge is 2.59. The van der Waals surface area contributed by atoms with Gasteiger partial charge < -0.3 is 19.1 Å². The van der Waals surface area contributed by atoms with Crippen LogP contribution in [0.2, 0.25) is 0 Å². The van der Waals surface area contributed by atoms with Gasteiger partial charge in [-0.15, -0.1) is 0 Å². The molecule has 0 aromatic rings. The van der Waals surface area contributed by atoms with Crippen LogP contribution < -0.4 is 0 Å². The van der Waals surface area contributed by atoms with Crippen molar-refractivity contribution in [2.45, 2.75) is 76.4 Å². The molecule has 0 radical (unpaired) electrons. The number of carbonyl (C=O) groups excluding carboxylic acids is 2. The van der Waals surface area contributed by atoms with E-state index in [9.17, 15) is 9.59 Å². The zero-order chi connectivity index (χ0) is 21.1. The zero-order valence-corrected chi connectivity index (χ0v) is 18.6. The van der Waals surface area contributed by atoms with Gasteiger partial charge in [0.1, 0.15) is 12.8 Å². The molecule has 3 saturated heterocycles. The lowest BCUT2D eigenvalue weighted by Gasteiger charge is -2.43. The van der Waals surface area contributed by atoms with Gasteiger partial charge in [0.25, 0.3) is 5.24 Å². The molecular formula is C23H31NO5S. The first-order valence-electron chi connectivity index (χ1n) is 10.9. The summed E-state index contributed by atoms with van der Waals surface area (Å²) in [6, 6.07) is -0.121. The van der Waals surface area contributed by atoms with Gasteiger partial charge >= 0.3 is 5.97 Å². The monoisotopic (exact) mass is 433 g/mol. The van der Waals surface area contributed by atoms with Crippen molar-refractivity contribution in [3.8, 4) is 0 Å². The summed E-state index contributed by atoms with van der Waals surface area (Å²) in [5.41, 5.74) is 1.01. The summed E-state index contributed by atoms with van der Waals surface area (Å²) >= 11 is 1.31. The van der Waals surface area contributed by atoms with E-state index in [0.717, 1.165) is 31.3 Å². The second-order valence-corrected chi connectivity index (χ2v) is 9.75. The van der Waals surface area contributed by atoms with E-state index < -0.39 is 5.79 Å². The lowest BCUT2D eigenvalue weighted by Crippen LogP contribution is -2.55.